The molecule has 0 aromatic heterocycles. The lowest BCUT2D eigenvalue weighted by Gasteiger charge is -2.16. The molecular weight excluding hydrogens is 306 g/mol. The molecule has 0 unspecified atom stereocenters. The Morgan fingerprint density at radius 3 is 2.42 bits per heavy atom. The smallest absolute Gasteiger partial charge is 0.332 e. The largest absolute Gasteiger partial charge is 0.496 e. The van der Waals surface area contributed by atoms with E-state index in [1.54, 1.807) is 7.11 Å². The van der Waals surface area contributed by atoms with Crippen molar-refractivity contribution in [3.05, 3.63) is 52.6 Å². The minimum Gasteiger partial charge on any atom is -0.496 e. The molecule has 0 radical (unpaired) electrons. The molecule has 0 saturated heterocycles. The second kappa shape index (κ2) is 7.50. The van der Waals surface area contributed by atoms with Crippen LogP contribution in [0.15, 0.2) is 35.4 Å². The number of aryl methyl sites for hydroxylation is 1. The van der Waals surface area contributed by atoms with Gasteiger partial charge in [-0.05, 0) is 73.4 Å². The van der Waals surface area contributed by atoms with Crippen molar-refractivity contribution in [1.29, 1.82) is 0 Å². The molecule has 0 spiro atoms. The molecule has 0 bridgehead atoms. The number of carbonyl (C=O) groups excluding carboxylic acids is 1. The summed E-state index contributed by atoms with van der Waals surface area (Å²) in [5.74, 6) is 2.39. The maximum atomic E-state index is 10.5. The van der Waals surface area contributed by atoms with Gasteiger partial charge in [-0.2, -0.15) is 5.10 Å². The highest BCUT2D eigenvalue weighted by Crippen LogP contribution is 2.35. The molecule has 126 valence electrons. The van der Waals surface area contributed by atoms with Gasteiger partial charge in [0.25, 0.3) is 0 Å². The van der Waals surface area contributed by atoms with E-state index in [2.05, 4.69) is 10.5 Å². The zero-order valence-corrected chi connectivity index (χ0v) is 14.2. The van der Waals surface area contributed by atoms with Crippen LogP contribution in [0, 0.1) is 20.8 Å². The first-order valence-electron chi connectivity index (χ1n) is 7.43. The van der Waals surface area contributed by atoms with Crippen LogP contribution in [0.5, 0.6) is 17.2 Å². The van der Waals surface area contributed by atoms with Crippen LogP contribution in [0.1, 0.15) is 22.3 Å². The van der Waals surface area contributed by atoms with E-state index in [1.165, 1.54) is 6.21 Å². The first-order chi connectivity index (χ1) is 11.4. The number of urea groups is 1. The van der Waals surface area contributed by atoms with Crippen LogP contribution in [-0.4, -0.2) is 19.4 Å². The molecule has 2 aromatic rings. The number of nitrogens with one attached hydrogen (secondary N) is 1. The number of hydrazone groups is 1. The molecule has 0 heterocycles. The van der Waals surface area contributed by atoms with E-state index in [9.17, 15) is 4.79 Å². The second-order valence-electron chi connectivity index (χ2n) is 5.38. The number of hydrogen-bond acceptors (Lipinski definition) is 4. The number of primary amides is 1. The number of amides is 2. The Bertz CT molecular complexity index is 768. The standard InChI is InChI=1S/C18H21N3O3/c1-11-9-16(12(2)13(3)17(11)23-4)24-15-7-5-14(6-8-15)10-20-21-18(19)22/h5-10H,1-4H3,(H3,19,21,22)/b20-10-. The quantitative estimate of drug-likeness (QED) is 0.652. The summed E-state index contributed by atoms with van der Waals surface area (Å²) in [6.45, 7) is 6.01. The highest BCUT2D eigenvalue weighted by molar-refractivity contribution is 5.81. The van der Waals surface area contributed by atoms with Gasteiger partial charge < -0.3 is 15.2 Å². The summed E-state index contributed by atoms with van der Waals surface area (Å²) in [5.41, 5.74) is 11.0. The number of rotatable bonds is 5. The van der Waals surface area contributed by atoms with E-state index in [4.69, 9.17) is 15.2 Å². The first-order valence-corrected chi connectivity index (χ1v) is 7.43. The maximum Gasteiger partial charge on any atom is 0.332 e. The number of methoxy groups -OCH3 is 1. The summed E-state index contributed by atoms with van der Waals surface area (Å²) in [5, 5.41) is 3.71. The fourth-order valence-corrected chi connectivity index (χ4v) is 2.36. The van der Waals surface area contributed by atoms with E-state index in [0.29, 0.717) is 5.75 Å². The van der Waals surface area contributed by atoms with Crippen molar-refractivity contribution in [2.24, 2.45) is 10.8 Å². The van der Waals surface area contributed by atoms with Crippen molar-refractivity contribution in [2.45, 2.75) is 20.8 Å². The van der Waals surface area contributed by atoms with E-state index >= 15 is 0 Å². The van der Waals surface area contributed by atoms with Crippen LogP contribution in [0.25, 0.3) is 0 Å². The van der Waals surface area contributed by atoms with Gasteiger partial charge in [-0.15, -0.1) is 0 Å². The van der Waals surface area contributed by atoms with Crippen LogP contribution in [0.4, 0.5) is 4.79 Å². The Morgan fingerprint density at radius 1 is 1.17 bits per heavy atom. The first kappa shape index (κ1) is 17.3. The summed E-state index contributed by atoms with van der Waals surface area (Å²) in [6, 6.07) is 8.60. The Morgan fingerprint density at radius 2 is 1.83 bits per heavy atom. The van der Waals surface area contributed by atoms with E-state index in [0.717, 1.165) is 33.8 Å². The van der Waals surface area contributed by atoms with Gasteiger partial charge in [0.2, 0.25) is 0 Å². The topological polar surface area (TPSA) is 85.9 Å². The molecule has 0 aliphatic carbocycles. The molecular formula is C18H21N3O3. The molecule has 0 saturated carbocycles. The SMILES string of the molecule is COc1c(C)cc(Oc2ccc(/C=N\NC(N)=O)cc2)c(C)c1C. The summed E-state index contributed by atoms with van der Waals surface area (Å²) < 4.78 is 11.4. The van der Waals surface area contributed by atoms with Gasteiger partial charge in [-0.1, -0.05) is 0 Å². The van der Waals surface area contributed by atoms with Gasteiger partial charge in [0.15, 0.2) is 0 Å². The van der Waals surface area contributed by atoms with Crippen molar-refractivity contribution in [3.63, 3.8) is 0 Å². The van der Waals surface area contributed by atoms with Crippen molar-refractivity contribution in [1.82, 2.24) is 5.43 Å². The zero-order chi connectivity index (χ0) is 17.7. The molecule has 24 heavy (non-hydrogen) atoms. The average Bonchev–Trinajstić information content (AvgIpc) is 2.54. The molecule has 2 amide bonds. The van der Waals surface area contributed by atoms with Crippen LogP contribution < -0.4 is 20.6 Å². The van der Waals surface area contributed by atoms with Crippen LogP contribution in [0.3, 0.4) is 0 Å². The number of ether oxygens (including phenoxy) is 2. The third-order valence-electron chi connectivity index (χ3n) is 3.68. The van der Waals surface area contributed by atoms with Crippen molar-refractivity contribution < 1.29 is 14.3 Å². The number of nitrogens with two attached hydrogens (primary N) is 1. The highest BCUT2D eigenvalue weighted by Gasteiger charge is 2.12. The lowest BCUT2D eigenvalue weighted by Crippen LogP contribution is -2.24. The molecule has 6 heteroatoms. The summed E-state index contributed by atoms with van der Waals surface area (Å²) >= 11 is 0. The van der Waals surface area contributed by atoms with Crippen LogP contribution in [0.2, 0.25) is 0 Å². The summed E-state index contributed by atoms with van der Waals surface area (Å²) in [7, 11) is 1.67. The molecule has 6 nitrogen and oxygen atoms in total. The molecule has 2 aromatic carbocycles. The number of nitrogens with zero attached hydrogens (tertiary/aromatic N) is 1. The number of hydrogen-bond donors (Lipinski definition) is 2. The van der Waals surface area contributed by atoms with Gasteiger partial charge in [0.05, 0.1) is 13.3 Å². The lowest BCUT2D eigenvalue weighted by atomic mass is 10.0. The van der Waals surface area contributed by atoms with E-state index in [1.807, 2.05) is 51.1 Å². The molecule has 0 aliphatic rings. The van der Waals surface area contributed by atoms with Crippen LogP contribution >= 0.6 is 0 Å². The third-order valence-corrected chi connectivity index (χ3v) is 3.68. The molecule has 2 rings (SSSR count). The molecule has 0 atom stereocenters. The lowest BCUT2D eigenvalue weighted by molar-refractivity contribution is 0.249. The summed E-state index contributed by atoms with van der Waals surface area (Å²) in [6.07, 6.45) is 1.50. The van der Waals surface area contributed by atoms with Crippen molar-refractivity contribution >= 4 is 12.2 Å². The van der Waals surface area contributed by atoms with Gasteiger partial charge in [-0.3, -0.25) is 0 Å². The van der Waals surface area contributed by atoms with Gasteiger partial charge in [-0.25, -0.2) is 10.2 Å². The number of benzene rings is 2. The maximum absolute atomic E-state index is 10.5. The normalized spacial score (nSPS) is 10.7. The van der Waals surface area contributed by atoms with Crippen molar-refractivity contribution in [3.8, 4) is 17.2 Å². The molecule has 0 fully saturated rings. The zero-order valence-electron chi connectivity index (χ0n) is 14.2. The number of carbonyl (C=O) groups is 1. The molecule has 0 aliphatic heterocycles. The fraction of sp³-hybridized carbons (Fsp3) is 0.222. The van der Waals surface area contributed by atoms with Crippen molar-refractivity contribution in [2.75, 3.05) is 7.11 Å². The van der Waals surface area contributed by atoms with Crippen LogP contribution in [-0.2, 0) is 0 Å². The third kappa shape index (κ3) is 4.04. The van der Waals surface area contributed by atoms with E-state index < -0.39 is 6.03 Å². The summed E-state index contributed by atoms with van der Waals surface area (Å²) in [4.78, 5) is 10.5. The fourth-order valence-electron chi connectivity index (χ4n) is 2.36. The average molecular weight is 327 g/mol. The van der Waals surface area contributed by atoms with Gasteiger partial charge >= 0.3 is 6.03 Å². The second-order valence-corrected chi connectivity index (χ2v) is 5.38. The Labute approximate surface area is 141 Å². The Balaban J connectivity index is 2.17. The Hall–Kier alpha value is -3.02. The molecule has 3 N–H and O–H groups in total. The van der Waals surface area contributed by atoms with Gasteiger partial charge in [0, 0.05) is 0 Å². The minimum atomic E-state index is -0.702. The van der Waals surface area contributed by atoms with E-state index in [-0.39, 0.29) is 0 Å². The predicted molar refractivity (Wildman–Crippen MR) is 94.0 cm³/mol. The minimum absolute atomic E-state index is 0.702. The monoisotopic (exact) mass is 327 g/mol. The predicted octanol–water partition coefficient (Wildman–Crippen LogP) is 3.41. The van der Waals surface area contributed by atoms with Gasteiger partial charge in [0.1, 0.15) is 17.2 Å². The Kier molecular flexibility index (Phi) is 5.42. The highest BCUT2D eigenvalue weighted by atomic mass is 16.5.